The molecule has 1 aromatic rings. The van der Waals surface area contributed by atoms with E-state index in [0.717, 1.165) is 0 Å². The molecule has 1 aliphatic rings. The van der Waals surface area contributed by atoms with E-state index < -0.39 is 0 Å². The van der Waals surface area contributed by atoms with Gasteiger partial charge in [0.2, 0.25) is 0 Å². The summed E-state index contributed by atoms with van der Waals surface area (Å²) in [6.45, 7) is 4.52. The van der Waals surface area contributed by atoms with Crippen molar-refractivity contribution in [2.24, 2.45) is 0 Å². The summed E-state index contributed by atoms with van der Waals surface area (Å²) < 4.78 is 0. The molecular formula is C12H16. The lowest BCUT2D eigenvalue weighted by atomic mass is 9.99. The predicted molar refractivity (Wildman–Crippen MR) is 52.6 cm³/mol. The van der Waals surface area contributed by atoms with Crippen molar-refractivity contribution in [2.45, 2.75) is 39.0 Å². The molecule has 12 heavy (non-hydrogen) atoms. The summed E-state index contributed by atoms with van der Waals surface area (Å²) in [6.07, 6.45) is 3.96. The van der Waals surface area contributed by atoms with Crippen LogP contribution in [0.4, 0.5) is 0 Å². The molecule has 1 aromatic carbocycles. The highest BCUT2D eigenvalue weighted by Crippen LogP contribution is 2.25. The van der Waals surface area contributed by atoms with Gasteiger partial charge in [0, 0.05) is 0 Å². The van der Waals surface area contributed by atoms with Crippen molar-refractivity contribution in [3.05, 3.63) is 34.9 Å². The van der Waals surface area contributed by atoms with Gasteiger partial charge in [-0.2, -0.15) is 0 Å². The van der Waals surface area contributed by atoms with Crippen molar-refractivity contribution in [2.75, 3.05) is 0 Å². The quantitative estimate of drug-likeness (QED) is 0.591. The minimum Gasteiger partial charge on any atom is -0.0587 e. The third kappa shape index (κ3) is 1.26. The minimum absolute atomic E-state index is 0.677. The van der Waals surface area contributed by atoms with E-state index in [1.165, 1.54) is 24.8 Å². The summed E-state index contributed by atoms with van der Waals surface area (Å²) in [5, 5.41) is 0. The molecule has 0 fully saturated rings. The highest BCUT2D eigenvalue weighted by atomic mass is 14.2. The maximum Gasteiger partial charge on any atom is -0.0219 e. The van der Waals surface area contributed by atoms with Crippen LogP contribution in [0.1, 0.15) is 42.9 Å². The van der Waals surface area contributed by atoms with Crippen LogP contribution >= 0.6 is 0 Å². The van der Waals surface area contributed by atoms with Gasteiger partial charge in [-0.3, -0.25) is 0 Å². The van der Waals surface area contributed by atoms with E-state index in [2.05, 4.69) is 32.0 Å². The van der Waals surface area contributed by atoms with Gasteiger partial charge >= 0.3 is 0 Å². The summed E-state index contributed by atoms with van der Waals surface area (Å²) in [6, 6.07) is 7.00. The van der Waals surface area contributed by atoms with E-state index in [9.17, 15) is 0 Å². The first-order valence-corrected chi connectivity index (χ1v) is 4.89. The Morgan fingerprint density at radius 3 is 2.58 bits per heavy atom. The van der Waals surface area contributed by atoms with Gasteiger partial charge in [-0.05, 0) is 41.9 Å². The van der Waals surface area contributed by atoms with E-state index >= 15 is 0 Å². The highest BCUT2D eigenvalue weighted by molar-refractivity contribution is 5.36. The minimum atomic E-state index is 0.677. The Labute approximate surface area is 74.6 Å². The first-order valence-electron chi connectivity index (χ1n) is 4.89. The molecule has 0 bridgehead atoms. The van der Waals surface area contributed by atoms with Crippen LogP contribution in [0.25, 0.3) is 0 Å². The molecule has 0 radical (unpaired) electrons. The van der Waals surface area contributed by atoms with Gasteiger partial charge in [-0.15, -0.1) is 0 Å². The van der Waals surface area contributed by atoms with Crippen molar-refractivity contribution >= 4 is 0 Å². The standard InChI is InChI=1S/C12H16/c1-9(2)11-7-6-10-4-3-5-12(10)8-11/h6-9H,3-5H2,1-2H3. The lowest BCUT2D eigenvalue weighted by Gasteiger charge is -2.07. The Hall–Kier alpha value is -0.780. The van der Waals surface area contributed by atoms with Crippen molar-refractivity contribution in [3.8, 4) is 0 Å². The van der Waals surface area contributed by atoms with Crippen molar-refractivity contribution in [1.82, 2.24) is 0 Å². The molecule has 0 heteroatoms. The first-order chi connectivity index (χ1) is 5.77. The van der Waals surface area contributed by atoms with Crippen LogP contribution in [0.2, 0.25) is 0 Å². The SMILES string of the molecule is CC(C)c1ccc2c(c1)CCC2. The summed E-state index contributed by atoms with van der Waals surface area (Å²) >= 11 is 0. The monoisotopic (exact) mass is 160 g/mol. The number of benzene rings is 1. The largest absolute Gasteiger partial charge is 0.0587 e. The van der Waals surface area contributed by atoms with E-state index in [4.69, 9.17) is 0 Å². The summed E-state index contributed by atoms with van der Waals surface area (Å²) in [5.41, 5.74) is 4.68. The molecule has 64 valence electrons. The summed E-state index contributed by atoms with van der Waals surface area (Å²) in [4.78, 5) is 0. The molecule has 0 atom stereocenters. The Kier molecular flexibility index (Phi) is 1.92. The first kappa shape index (κ1) is 7.85. The topological polar surface area (TPSA) is 0 Å². The molecule has 0 aromatic heterocycles. The fraction of sp³-hybridized carbons (Fsp3) is 0.500. The highest BCUT2D eigenvalue weighted by Gasteiger charge is 2.11. The molecule has 0 amide bonds. The van der Waals surface area contributed by atoms with Gasteiger partial charge in [-0.25, -0.2) is 0 Å². The lowest BCUT2D eigenvalue weighted by molar-refractivity contribution is 0.862. The third-order valence-electron chi connectivity index (χ3n) is 2.79. The van der Waals surface area contributed by atoms with Gasteiger partial charge in [0.15, 0.2) is 0 Å². The molecule has 0 nitrogen and oxygen atoms in total. The second-order valence-electron chi connectivity index (χ2n) is 4.04. The maximum atomic E-state index is 2.40. The van der Waals surface area contributed by atoms with Gasteiger partial charge in [0.05, 0.1) is 0 Å². The van der Waals surface area contributed by atoms with E-state index in [1.807, 2.05) is 0 Å². The van der Waals surface area contributed by atoms with Crippen LogP contribution in [-0.4, -0.2) is 0 Å². The average Bonchev–Trinajstić information content (AvgIpc) is 2.49. The van der Waals surface area contributed by atoms with Gasteiger partial charge < -0.3 is 0 Å². The van der Waals surface area contributed by atoms with Gasteiger partial charge in [0.1, 0.15) is 0 Å². The fourth-order valence-corrected chi connectivity index (χ4v) is 1.95. The molecule has 0 N–H and O–H groups in total. The lowest BCUT2D eigenvalue weighted by Crippen LogP contribution is -1.90. The Bertz CT molecular complexity index is 284. The molecule has 0 spiro atoms. The van der Waals surface area contributed by atoms with Crippen LogP contribution in [0.5, 0.6) is 0 Å². The number of fused-ring (bicyclic) bond motifs is 1. The van der Waals surface area contributed by atoms with Gasteiger partial charge in [0.25, 0.3) is 0 Å². The number of rotatable bonds is 1. The van der Waals surface area contributed by atoms with Crippen molar-refractivity contribution in [1.29, 1.82) is 0 Å². The van der Waals surface area contributed by atoms with Crippen molar-refractivity contribution < 1.29 is 0 Å². The Morgan fingerprint density at radius 1 is 1.08 bits per heavy atom. The van der Waals surface area contributed by atoms with Crippen LogP contribution in [0, 0.1) is 0 Å². The van der Waals surface area contributed by atoms with Gasteiger partial charge in [-0.1, -0.05) is 32.0 Å². The normalized spacial score (nSPS) is 15.2. The zero-order chi connectivity index (χ0) is 8.55. The maximum absolute atomic E-state index is 2.40. The second kappa shape index (κ2) is 2.93. The predicted octanol–water partition coefficient (Wildman–Crippen LogP) is 3.30. The second-order valence-corrected chi connectivity index (χ2v) is 4.04. The van der Waals surface area contributed by atoms with E-state index in [0.29, 0.717) is 5.92 Å². The molecular weight excluding hydrogens is 144 g/mol. The molecule has 0 saturated heterocycles. The van der Waals surface area contributed by atoms with E-state index in [1.54, 1.807) is 11.1 Å². The number of hydrogen-bond donors (Lipinski definition) is 0. The molecule has 0 heterocycles. The zero-order valence-electron chi connectivity index (χ0n) is 7.93. The molecule has 0 aliphatic heterocycles. The third-order valence-corrected chi connectivity index (χ3v) is 2.79. The molecule has 0 saturated carbocycles. The van der Waals surface area contributed by atoms with E-state index in [-0.39, 0.29) is 0 Å². The molecule has 0 unspecified atom stereocenters. The summed E-state index contributed by atoms with van der Waals surface area (Å²) in [7, 11) is 0. The number of hydrogen-bond acceptors (Lipinski definition) is 0. The van der Waals surface area contributed by atoms with Crippen LogP contribution in [-0.2, 0) is 12.8 Å². The Balaban J connectivity index is 2.39. The molecule has 1 aliphatic carbocycles. The average molecular weight is 160 g/mol. The van der Waals surface area contributed by atoms with Crippen molar-refractivity contribution in [3.63, 3.8) is 0 Å². The van der Waals surface area contributed by atoms with Crippen LogP contribution < -0.4 is 0 Å². The smallest absolute Gasteiger partial charge is 0.0219 e. The fourth-order valence-electron chi connectivity index (χ4n) is 1.95. The van der Waals surface area contributed by atoms with Crippen LogP contribution in [0.15, 0.2) is 18.2 Å². The summed E-state index contributed by atoms with van der Waals surface area (Å²) in [5.74, 6) is 0.677. The zero-order valence-corrected chi connectivity index (χ0v) is 7.93. The molecule has 2 rings (SSSR count). The number of aryl methyl sites for hydroxylation is 2. The van der Waals surface area contributed by atoms with Crippen LogP contribution in [0.3, 0.4) is 0 Å². The Morgan fingerprint density at radius 2 is 1.83 bits per heavy atom.